The molecule has 1 fully saturated rings. The zero-order valence-electron chi connectivity index (χ0n) is 16.3. The molecule has 2 aromatic carbocycles. The molecule has 2 nitrogen and oxygen atoms in total. The maximum Gasteiger partial charge on any atom is 0.343 e. The van der Waals surface area contributed by atoms with Gasteiger partial charge in [-0.05, 0) is 54.7 Å². The van der Waals surface area contributed by atoms with Gasteiger partial charge in [0.1, 0.15) is 11.6 Å². The van der Waals surface area contributed by atoms with Gasteiger partial charge >= 0.3 is 5.97 Å². The predicted octanol–water partition coefficient (Wildman–Crippen LogP) is 7.26. The fourth-order valence-electron chi connectivity index (χ4n) is 3.83. The van der Waals surface area contributed by atoms with Crippen molar-refractivity contribution in [2.75, 3.05) is 0 Å². The lowest BCUT2D eigenvalue weighted by atomic mass is 9.93. The highest BCUT2D eigenvalue weighted by molar-refractivity contribution is 6.59. The zero-order valence-corrected chi connectivity index (χ0v) is 18.1. The standard InChI is InChI=1S/C23H27ClFO2Si/c1-2-3-4-13-28-14-11-18(12-15-28)17-5-8-20(9-6-17)27-23(26)19-7-10-21(24)22(25)16-19/h5-10,16,18H,2-4,11-15H2,1H3. The van der Waals surface area contributed by atoms with Gasteiger partial charge in [-0.1, -0.05) is 68.1 Å². The van der Waals surface area contributed by atoms with Gasteiger partial charge in [0.15, 0.2) is 0 Å². The van der Waals surface area contributed by atoms with Crippen LogP contribution in [0.25, 0.3) is 0 Å². The molecule has 1 heterocycles. The molecule has 1 aliphatic heterocycles. The predicted molar refractivity (Wildman–Crippen MR) is 114 cm³/mol. The Hall–Kier alpha value is -1.65. The molecule has 5 heteroatoms. The highest BCUT2D eigenvalue weighted by Crippen LogP contribution is 2.35. The Morgan fingerprint density at radius 1 is 1.14 bits per heavy atom. The van der Waals surface area contributed by atoms with Crippen LogP contribution in [0, 0.1) is 5.82 Å². The van der Waals surface area contributed by atoms with Crippen molar-refractivity contribution >= 4 is 26.4 Å². The van der Waals surface area contributed by atoms with Gasteiger partial charge in [0, 0.05) is 8.80 Å². The van der Waals surface area contributed by atoms with Crippen LogP contribution < -0.4 is 4.74 Å². The lowest BCUT2D eigenvalue weighted by Crippen LogP contribution is -2.20. The third kappa shape index (κ3) is 5.68. The molecule has 0 N–H and O–H groups in total. The van der Waals surface area contributed by atoms with Gasteiger partial charge in [-0.2, -0.15) is 0 Å². The number of carbonyl (C=O) groups excluding carboxylic acids is 1. The molecular weight excluding hydrogens is 391 g/mol. The fraction of sp³-hybridized carbons (Fsp3) is 0.435. The van der Waals surface area contributed by atoms with Crippen molar-refractivity contribution in [2.24, 2.45) is 0 Å². The second kappa shape index (κ2) is 10.2. The largest absolute Gasteiger partial charge is 0.423 e. The van der Waals surface area contributed by atoms with Crippen molar-refractivity contribution in [1.82, 2.24) is 0 Å². The number of rotatable bonds is 7. The summed E-state index contributed by atoms with van der Waals surface area (Å²) in [4.78, 5) is 12.2. The Morgan fingerprint density at radius 2 is 1.86 bits per heavy atom. The summed E-state index contributed by atoms with van der Waals surface area (Å²) in [6, 6.07) is 16.0. The van der Waals surface area contributed by atoms with E-state index >= 15 is 0 Å². The van der Waals surface area contributed by atoms with E-state index in [9.17, 15) is 9.18 Å². The van der Waals surface area contributed by atoms with Gasteiger partial charge in [-0.25, -0.2) is 9.18 Å². The van der Waals surface area contributed by atoms with E-state index in [-0.39, 0.29) is 19.4 Å². The number of ether oxygens (including phenoxy) is 1. The lowest BCUT2D eigenvalue weighted by Gasteiger charge is -2.27. The minimum Gasteiger partial charge on any atom is -0.423 e. The molecule has 149 valence electrons. The van der Waals surface area contributed by atoms with Crippen molar-refractivity contribution < 1.29 is 13.9 Å². The fourth-order valence-corrected chi connectivity index (χ4v) is 6.96. The summed E-state index contributed by atoms with van der Waals surface area (Å²) < 4.78 is 18.9. The second-order valence-corrected chi connectivity index (χ2v) is 11.0. The molecule has 0 bridgehead atoms. The Labute approximate surface area is 173 Å². The number of hydrogen-bond donors (Lipinski definition) is 0. The third-order valence-electron chi connectivity index (χ3n) is 5.54. The minimum absolute atomic E-state index is 0.0109. The molecule has 0 unspecified atom stereocenters. The molecule has 28 heavy (non-hydrogen) atoms. The average Bonchev–Trinajstić information content (AvgIpc) is 2.71. The van der Waals surface area contributed by atoms with E-state index in [1.165, 1.54) is 67.9 Å². The first kappa shape index (κ1) is 21.1. The number of hydrogen-bond acceptors (Lipinski definition) is 2. The molecule has 3 rings (SSSR count). The topological polar surface area (TPSA) is 26.3 Å². The first-order valence-corrected chi connectivity index (χ1v) is 12.7. The first-order valence-electron chi connectivity index (χ1n) is 10.2. The van der Waals surface area contributed by atoms with Gasteiger partial charge < -0.3 is 4.74 Å². The maximum atomic E-state index is 13.5. The number of halogens is 2. The summed E-state index contributed by atoms with van der Waals surface area (Å²) in [6.45, 7) is 2.27. The SMILES string of the molecule is CCCCC[Si]1CCC(c2ccc(OC(=O)c3ccc(Cl)c(F)c3)cc2)CC1. The van der Waals surface area contributed by atoms with Crippen LogP contribution in [-0.2, 0) is 0 Å². The number of unbranched alkanes of at least 4 members (excludes halogenated alkanes) is 2. The summed E-state index contributed by atoms with van der Waals surface area (Å²) in [7, 11) is -0.130. The van der Waals surface area contributed by atoms with Gasteiger partial charge in [0.2, 0.25) is 0 Å². The Kier molecular flexibility index (Phi) is 7.69. The normalized spacial score (nSPS) is 15.5. The molecule has 0 spiro atoms. The molecule has 2 aromatic rings. The smallest absolute Gasteiger partial charge is 0.343 e. The average molecular weight is 418 g/mol. The van der Waals surface area contributed by atoms with Gasteiger partial charge in [-0.15, -0.1) is 0 Å². The van der Waals surface area contributed by atoms with E-state index in [1.54, 1.807) is 0 Å². The van der Waals surface area contributed by atoms with E-state index in [4.69, 9.17) is 16.3 Å². The minimum atomic E-state index is -0.626. The van der Waals surface area contributed by atoms with E-state index < -0.39 is 11.8 Å². The molecule has 0 amide bonds. The van der Waals surface area contributed by atoms with E-state index in [1.807, 2.05) is 12.1 Å². The summed E-state index contributed by atoms with van der Waals surface area (Å²) in [5.41, 5.74) is 1.47. The lowest BCUT2D eigenvalue weighted by molar-refractivity contribution is 0.0734. The van der Waals surface area contributed by atoms with Crippen molar-refractivity contribution in [1.29, 1.82) is 0 Å². The molecule has 0 aliphatic carbocycles. The van der Waals surface area contributed by atoms with Crippen molar-refractivity contribution in [2.45, 2.75) is 63.1 Å². The van der Waals surface area contributed by atoms with Gasteiger partial charge in [0.05, 0.1) is 10.6 Å². The monoisotopic (exact) mass is 417 g/mol. The number of esters is 1. The Morgan fingerprint density at radius 3 is 2.50 bits per heavy atom. The van der Waals surface area contributed by atoms with E-state index in [0.717, 1.165) is 6.07 Å². The Bertz CT molecular complexity index is 786. The first-order chi connectivity index (χ1) is 13.6. The van der Waals surface area contributed by atoms with Gasteiger partial charge in [-0.3, -0.25) is 0 Å². The summed E-state index contributed by atoms with van der Waals surface area (Å²) in [6.07, 6.45) is 6.66. The van der Waals surface area contributed by atoms with Crippen LogP contribution in [0.4, 0.5) is 4.39 Å². The van der Waals surface area contributed by atoms with Crippen LogP contribution in [0.3, 0.4) is 0 Å². The Balaban J connectivity index is 1.52. The quantitative estimate of drug-likeness (QED) is 0.205. The van der Waals surface area contributed by atoms with Crippen LogP contribution in [0.2, 0.25) is 23.2 Å². The molecule has 0 atom stereocenters. The van der Waals surface area contributed by atoms with E-state index in [2.05, 4.69) is 19.1 Å². The highest BCUT2D eigenvalue weighted by Gasteiger charge is 2.23. The van der Waals surface area contributed by atoms with Crippen LogP contribution in [0.5, 0.6) is 5.75 Å². The molecule has 1 radical (unpaired) electrons. The van der Waals surface area contributed by atoms with Crippen LogP contribution in [0.1, 0.15) is 60.9 Å². The number of benzene rings is 2. The third-order valence-corrected chi connectivity index (χ3v) is 8.90. The number of carbonyl (C=O) groups is 1. The molecule has 0 saturated carbocycles. The van der Waals surface area contributed by atoms with Crippen molar-refractivity contribution in [3.63, 3.8) is 0 Å². The highest BCUT2D eigenvalue weighted by atomic mass is 35.5. The van der Waals surface area contributed by atoms with Crippen LogP contribution >= 0.6 is 11.6 Å². The van der Waals surface area contributed by atoms with Gasteiger partial charge in [0.25, 0.3) is 0 Å². The molecule has 0 aromatic heterocycles. The van der Waals surface area contributed by atoms with Crippen molar-refractivity contribution in [3.05, 3.63) is 64.4 Å². The van der Waals surface area contributed by atoms with Crippen LogP contribution in [0.15, 0.2) is 42.5 Å². The summed E-state index contributed by atoms with van der Waals surface area (Å²) >= 11 is 5.65. The molecule has 1 saturated heterocycles. The maximum absolute atomic E-state index is 13.5. The van der Waals surface area contributed by atoms with Crippen LogP contribution in [-0.4, -0.2) is 14.8 Å². The zero-order chi connectivity index (χ0) is 19.9. The van der Waals surface area contributed by atoms with Crippen molar-refractivity contribution in [3.8, 4) is 5.75 Å². The van der Waals surface area contributed by atoms with E-state index in [0.29, 0.717) is 11.7 Å². The summed E-state index contributed by atoms with van der Waals surface area (Å²) in [5, 5.41) is -0.0109. The summed E-state index contributed by atoms with van der Waals surface area (Å²) in [5.74, 6) is -0.112. The molecular formula is C23H27ClFO2Si. The molecule has 1 aliphatic rings. The second-order valence-electron chi connectivity index (χ2n) is 7.57.